The quantitative estimate of drug-likeness (QED) is 0.817. The maximum absolute atomic E-state index is 12.9. The van der Waals surface area contributed by atoms with Gasteiger partial charge in [0.25, 0.3) is 5.91 Å². The van der Waals surface area contributed by atoms with Gasteiger partial charge in [0.15, 0.2) is 11.5 Å². The zero-order valence-electron chi connectivity index (χ0n) is 13.9. The molecule has 2 saturated heterocycles. The molecule has 1 spiro atoms. The molecule has 0 N–H and O–H groups in total. The van der Waals surface area contributed by atoms with Gasteiger partial charge in [-0.1, -0.05) is 0 Å². The second-order valence-corrected chi connectivity index (χ2v) is 7.41. The van der Waals surface area contributed by atoms with E-state index in [4.69, 9.17) is 18.9 Å². The first-order chi connectivity index (χ1) is 11.7. The minimum atomic E-state index is -0.224. The van der Waals surface area contributed by atoms with Crippen LogP contribution in [0.5, 0.6) is 11.5 Å². The van der Waals surface area contributed by atoms with Crippen molar-refractivity contribution >= 4 is 17.2 Å². The Hall–Kier alpha value is -1.31. The van der Waals surface area contributed by atoms with Crippen molar-refractivity contribution < 1.29 is 23.7 Å². The first-order valence-corrected chi connectivity index (χ1v) is 9.44. The molecule has 132 valence electrons. The number of hydrogen-bond acceptors (Lipinski definition) is 6. The number of rotatable bonds is 2. The Morgan fingerprint density at radius 2 is 2.08 bits per heavy atom. The van der Waals surface area contributed by atoms with E-state index in [1.807, 2.05) is 10.3 Å². The Balaban J connectivity index is 1.46. The topological polar surface area (TPSA) is 57.2 Å². The minimum Gasteiger partial charge on any atom is -0.485 e. The summed E-state index contributed by atoms with van der Waals surface area (Å²) in [6.45, 7) is 3.20. The molecule has 0 aromatic carbocycles. The summed E-state index contributed by atoms with van der Waals surface area (Å²) in [6.07, 6.45) is 3.86. The van der Waals surface area contributed by atoms with Crippen LogP contribution in [0.1, 0.15) is 35.4 Å². The molecule has 0 aliphatic carbocycles. The molecule has 0 unspecified atom stereocenters. The minimum absolute atomic E-state index is 0.0337. The van der Waals surface area contributed by atoms with Crippen molar-refractivity contribution in [3.8, 4) is 11.5 Å². The summed E-state index contributed by atoms with van der Waals surface area (Å²) >= 11 is 1.40. The molecule has 0 bridgehead atoms. The number of ether oxygens (including phenoxy) is 4. The number of piperidine rings is 1. The number of methoxy groups -OCH3 is 1. The highest BCUT2D eigenvalue weighted by Gasteiger charge is 2.45. The van der Waals surface area contributed by atoms with Gasteiger partial charge < -0.3 is 23.8 Å². The van der Waals surface area contributed by atoms with E-state index in [1.54, 1.807) is 7.11 Å². The summed E-state index contributed by atoms with van der Waals surface area (Å²) in [5.41, 5.74) is -0.224. The molecule has 0 saturated carbocycles. The molecule has 4 heterocycles. The lowest BCUT2D eigenvalue weighted by atomic mass is 9.82. The molecule has 1 amide bonds. The molecule has 1 aromatic rings. The number of hydrogen-bond donors (Lipinski definition) is 0. The van der Waals surface area contributed by atoms with Crippen LogP contribution in [-0.4, -0.2) is 62.5 Å². The first kappa shape index (κ1) is 16.2. The number of carbonyl (C=O) groups is 1. The van der Waals surface area contributed by atoms with Crippen molar-refractivity contribution in [1.29, 1.82) is 0 Å². The smallest absolute Gasteiger partial charge is 0.267 e. The van der Waals surface area contributed by atoms with Crippen LogP contribution >= 0.6 is 11.3 Å². The molecule has 1 atom stereocenters. The molecule has 4 rings (SSSR count). The zero-order chi connectivity index (χ0) is 16.6. The Morgan fingerprint density at radius 1 is 1.29 bits per heavy atom. The maximum Gasteiger partial charge on any atom is 0.267 e. The predicted octanol–water partition coefficient (Wildman–Crippen LogP) is 2.32. The van der Waals surface area contributed by atoms with Crippen molar-refractivity contribution in [2.75, 3.05) is 40.0 Å². The van der Waals surface area contributed by atoms with Crippen molar-refractivity contribution in [1.82, 2.24) is 4.90 Å². The molecule has 2 fully saturated rings. The van der Waals surface area contributed by atoms with Crippen molar-refractivity contribution in [3.63, 3.8) is 0 Å². The average molecular weight is 353 g/mol. The molecular formula is C17H23NO5S. The summed E-state index contributed by atoms with van der Waals surface area (Å²) in [7, 11) is 1.76. The van der Waals surface area contributed by atoms with E-state index >= 15 is 0 Å². The maximum atomic E-state index is 12.9. The average Bonchev–Trinajstić information content (AvgIpc) is 3.06. The van der Waals surface area contributed by atoms with Gasteiger partial charge in [-0.15, -0.1) is 11.3 Å². The fourth-order valence-electron chi connectivity index (χ4n) is 3.94. The van der Waals surface area contributed by atoms with Crippen molar-refractivity contribution in [2.45, 2.75) is 37.4 Å². The number of likely N-dealkylation sites (tertiary alicyclic amines) is 1. The van der Waals surface area contributed by atoms with Crippen LogP contribution < -0.4 is 9.47 Å². The van der Waals surface area contributed by atoms with E-state index in [1.165, 1.54) is 11.3 Å². The lowest BCUT2D eigenvalue weighted by Gasteiger charge is -2.47. The highest BCUT2D eigenvalue weighted by molar-refractivity contribution is 7.12. The van der Waals surface area contributed by atoms with E-state index in [0.717, 1.165) is 32.3 Å². The van der Waals surface area contributed by atoms with Gasteiger partial charge in [-0.3, -0.25) is 4.79 Å². The van der Waals surface area contributed by atoms with E-state index in [0.29, 0.717) is 42.7 Å². The van der Waals surface area contributed by atoms with Gasteiger partial charge in [0, 0.05) is 32.2 Å². The third-order valence-corrected chi connectivity index (χ3v) is 6.19. The Labute approximate surface area is 145 Å². The molecule has 0 radical (unpaired) electrons. The van der Waals surface area contributed by atoms with E-state index in [-0.39, 0.29) is 17.6 Å². The number of amides is 1. The van der Waals surface area contributed by atoms with Gasteiger partial charge in [0.05, 0.1) is 11.7 Å². The van der Waals surface area contributed by atoms with E-state index in [2.05, 4.69) is 0 Å². The van der Waals surface area contributed by atoms with Crippen LogP contribution in [0.2, 0.25) is 0 Å². The molecule has 1 aromatic heterocycles. The third-order valence-electron chi connectivity index (χ3n) is 5.26. The number of thiophene rings is 1. The largest absolute Gasteiger partial charge is 0.485 e. The molecule has 3 aliphatic heterocycles. The molecule has 3 aliphatic rings. The summed E-state index contributed by atoms with van der Waals surface area (Å²) in [5.74, 6) is 1.34. The molecular weight excluding hydrogens is 330 g/mol. The number of fused-ring (bicyclic) bond motifs is 1. The standard InChI is InChI=1S/C17H23NO5S/c1-20-13-3-2-8-23-17(13)4-6-18(7-5-17)16(19)15-14-12(11-24-15)21-9-10-22-14/h11,13H,2-10H2,1H3/t13-/m1/s1. The summed E-state index contributed by atoms with van der Waals surface area (Å²) in [4.78, 5) is 15.4. The molecule has 6 nitrogen and oxygen atoms in total. The monoisotopic (exact) mass is 353 g/mol. The van der Waals surface area contributed by atoms with Gasteiger partial charge in [-0.25, -0.2) is 0 Å². The highest BCUT2D eigenvalue weighted by Crippen LogP contribution is 2.41. The van der Waals surface area contributed by atoms with Gasteiger partial charge >= 0.3 is 0 Å². The molecule has 24 heavy (non-hydrogen) atoms. The normalized spacial score (nSPS) is 25.7. The number of nitrogens with zero attached hydrogens (tertiary/aromatic N) is 1. The van der Waals surface area contributed by atoms with Crippen molar-refractivity contribution in [2.24, 2.45) is 0 Å². The zero-order valence-corrected chi connectivity index (χ0v) is 14.7. The Morgan fingerprint density at radius 3 is 2.88 bits per heavy atom. The first-order valence-electron chi connectivity index (χ1n) is 8.57. The van der Waals surface area contributed by atoms with Crippen LogP contribution in [-0.2, 0) is 9.47 Å². The van der Waals surface area contributed by atoms with Crippen molar-refractivity contribution in [3.05, 3.63) is 10.3 Å². The predicted molar refractivity (Wildman–Crippen MR) is 89.2 cm³/mol. The fraction of sp³-hybridized carbons (Fsp3) is 0.706. The summed E-state index contributed by atoms with van der Waals surface area (Å²) in [6, 6.07) is 0. The lowest BCUT2D eigenvalue weighted by molar-refractivity contribution is -0.183. The summed E-state index contributed by atoms with van der Waals surface area (Å²) < 4.78 is 23.0. The van der Waals surface area contributed by atoms with Crippen LogP contribution in [0.3, 0.4) is 0 Å². The fourth-order valence-corrected chi connectivity index (χ4v) is 4.84. The second kappa shape index (κ2) is 6.54. The van der Waals surface area contributed by atoms with E-state index < -0.39 is 0 Å². The van der Waals surface area contributed by atoms with Gasteiger partial charge in [-0.2, -0.15) is 0 Å². The highest BCUT2D eigenvalue weighted by atomic mass is 32.1. The third kappa shape index (κ3) is 2.68. The van der Waals surface area contributed by atoms with E-state index in [9.17, 15) is 4.79 Å². The van der Waals surface area contributed by atoms with Crippen LogP contribution in [0.15, 0.2) is 5.38 Å². The Bertz CT molecular complexity index is 608. The lowest BCUT2D eigenvalue weighted by Crippen LogP contribution is -2.56. The van der Waals surface area contributed by atoms with Crippen LogP contribution in [0, 0.1) is 0 Å². The Kier molecular flexibility index (Phi) is 4.40. The number of carbonyl (C=O) groups excluding carboxylic acids is 1. The van der Waals surface area contributed by atoms with Gasteiger partial charge in [0.1, 0.15) is 18.1 Å². The van der Waals surface area contributed by atoms with Gasteiger partial charge in [-0.05, 0) is 25.7 Å². The summed E-state index contributed by atoms with van der Waals surface area (Å²) in [5, 5.41) is 1.86. The van der Waals surface area contributed by atoms with Crippen LogP contribution in [0.25, 0.3) is 0 Å². The van der Waals surface area contributed by atoms with Crippen LogP contribution in [0.4, 0.5) is 0 Å². The molecule has 7 heteroatoms. The second-order valence-electron chi connectivity index (χ2n) is 6.53. The van der Waals surface area contributed by atoms with Gasteiger partial charge in [0.2, 0.25) is 0 Å². The SMILES string of the molecule is CO[C@@H]1CCCOC12CCN(C(=O)c1scc3c1OCCO3)CC2.